The van der Waals surface area contributed by atoms with Crippen molar-refractivity contribution in [1.82, 2.24) is 0 Å². The van der Waals surface area contributed by atoms with Crippen molar-refractivity contribution in [3.63, 3.8) is 0 Å². The molecule has 0 atom stereocenters. The van der Waals surface area contributed by atoms with Gasteiger partial charge in [0, 0.05) is 6.08 Å². The van der Waals surface area contributed by atoms with Crippen LogP contribution in [0.5, 0.6) is 0 Å². The summed E-state index contributed by atoms with van der Waals surface area (Å²) in [5.41, 5.74) is 0. The van der Waals surface area contributed by atoms with Crippen LogP contribution in [0.15, 0.2) is 11.1 Å². The van der Waals surface area contributed by atoms with Crippen LogP contribution in [-0.4, -0.2) is 24.2 Å². The largest absolute Gasteiger partial charge is 0.478 e. The minimum atomic E-state index is -1.28. The first-order valence-corrected chi connectivity index (χ1v) is 2.64. The van der Waals surface area contributed by atoms with Gasteiger partial charge in [0.25, 0.3) is 0 Å². The minimum Gasteiger partial charge on any atom is -0.478 e. The van der Waals surface area contributed by atoms with Crippen molar-refractivity contribution in [2.45, 2.75) is 0 Å². The SMILES string of the molecule is COC(=O)C(Cl)=CC(=O)O. The zero-order valence-electron chi connectivity index (χ0n) is 5.13. The number of halogens is 1. The smallest absolute Gasteiger partial charge is 0.349 e. The second kappa shape index (κ2) is 3.90. The highest BCUT2D eigenvalue weighted by Crippen LogP contribution is 2.01. The van der Waals surface area contributed by atoms with Crippen molar-refractivity contribution in [1.29, 1.82) is 0 Å². The summed E-state index contributed by atoms with van der Waals surface area (Å²) in [5, 5.41) is 7.61. The van der Waals surface area contributed by atoms with Crippen molar-refractivity contribution in [2.75, 3.05) is 7.11 Å². The Morgan fingerprint density at radius 1 is 1.60 bits per heavy atom. The predicted molar refractivity (Wildman–Crippen MR) is 33.6 cm³/mol. The molecule has 0 saturated carbocycles. The normalized spacial score (nSPS) is 10.8. The lowest BCUT2D eigenvalue weighted by Crippen LogP contribution is -2.02. The van der Waals surface area contributed by atoms with Crippen molar-refractivity contribution in [3.05, 3.63) is 11.1 Å². The number of hydrogen-bond donors (Lipinski definition) is 1. The van der Waals surface area contributed by atoms with E-state index in [9.17, 15) is 9.59 Å². The number of methoxy groups -OCH3 is 1. The molecule has 0 unspecified atom stereocenters. The molecule has 0 aliphatic carbocycles. The molecule has 4 nitrogen and oxygen atoms in total. The van der Waals surface area contributed by atoms with Gasteiger partial charge in [-0.2, -0.15) is 0 Å². The molecule has 0 aliphatic rings. The highest BCUT2D eigenvalue weighted by Gasteiger charge is 2.06. The van der Waals surface area contributed by atoms with E-state index in [1.54, 1.807) is 0 Å². The molecule has 0 aromatic heterocycles. The van der Waals surface area contributed by atoms with Gasteiger partial charge in [-0.1, -0.05) is 11.6 Å². The fourth-order valence-electron chi connectivity index (χ4n) is 0.265. The van der Waals surface area contributed by atoms with Crippen LogP contribution in [-0.2, 0) is 14.3 Å². The highest BCUT2D eigenvalue weighted by atomic mass is 35.5. The first-order valence-electron chi connectivity index (χ1n) is 2.26. The zero-order chi connectivity index (χ0) is 8.15. The molecule has 0 rings (SSSR count). The number of carboxylic acid groups (broad SMARTS) is 1. The van der Waals surface area contributed by atoms with Gasteiger partial charge in [-0.15, -0.1) is 0 Å². The van der Waals surface area contributed by atoms with Gasteiger partial charge in [0.1, 0.15) is 5.03 Å². The maximum atomic E-state index is 10.4. The molecule has 0 saturated heterocycles. The number of ether oxygens (including phenoxy) is 1. The molecule has 5 heteroatoms. The lowest BCUT2D eigenvalue weighted by atomic mass is 10.5. The van der Waals surface area contributed by atoms with E-state index < -0.39 is 17.0 Å². The van der Waals surface area contributed by atoms with Crippen LogP contribution >= 0.6 is 11.6 Å². The highest BCUT2D eigenvalue weighted by molar-refractivity contribution is 6.42. The first kappa shape index (κ1) is 8.97. The number of rotatable bonds is 2. The molecule has 56 valence electrons. The monoisotopic (exact) mass is 164 g/mol. The predicted octanol–water partition coefficient (Wildman–Crippen LogP) is 0.367. The Morgan fingerprint density at radius 2 is 2.10 bits per heavy atom. The molecule has 0 aromatic rings. The second-order valence-electron chi connectivity index (χ2n) is 1.32. The Hall–Kier alpha value is -1.03. The maximum Gasteiger partial charge on any atom is 0.349 e. The average molecular weight is 165 g/mol. The molecule has 1 N–H and O–H groups in total. The van der Waals surface area contributed by atoms with E-state index in [1.165, 1.54) is 0 Å². The zero-order valence-corrected chi connectivity index (χ0v) is 5.88. The van der Waals surface area contributed by atoms with Crippen LogP contribution in [0.3, 0.4) is 0 Å². The summed E-state index contributed by atoms with van der Waals surface area (Å²) in [6, 6.07) is 0. The van der Waals surface area contributed by atoms with Crippen LogP contribution in [0.4, 0.5) is 0 Å². The molecular formula is C5H5ClO4. The fraction of sp³-hybridized carbons (Fsp3) is 0.200. The number of aliphatic carboxylic acids is 1. The summed E-state index contributed by atoms with van der Waals surface area (Å²) in [6.45, 7) is 0. The summed E-state index contributed by atoms with van der Waals surface area (Å²) < 4.78 is 4.11. The average Bonchev–Trinajstić information content (AvgIpc) is 1.85. The Kier molecular flexibility index (Phi) is 3.49. The molecule has 0 fully saturated rings. The Labute approximate surface area is 62.0 Å². The second-order valence-corrected chi connectivity index (χ2v) is 1.73. The quantitative estimate of drug-likeness (QED) is 0.473. The Balaban J connectivity index is 4.19. The summed E-state index contributed by atoms with van der Waals surface area (Å²) >= 11 is 5.13. The Bertz CT molecular complexity index is 184. The van der Waals surface area contributed by atoms with Gasteiger partial charge in [0.15, 0.2) is 0 Å². The number of carbonyl (C=O) groups excluding carboxylic acids is 1. The molecule has 0 aliphatic heterocycles. The van der Waals surface area contributed by atoms with Crippen LogP contribution in [0.2, 0.25) is 0 Å². The van der Waals surface area contributed by atoms with E-state index >= 15 is 0 Å². The van der Waals surface area contributed by atoms with Crippen molar-refractivity contribution >= 4 is 23.5 Å². The van der Waals surface area contributed by atoms with Gasteiger partial charge < -0.3 is 9.84 Å². The van der Waals surface area contributed by atoms with E-state index in [0.29, 0.717) is 6.08 Å². The van der Waals surface area contributed by atoms with Gasteiger partial charge in [-0.05, 0) is 0 Å². The molecule has 0 spiro atoms. The summed E-state index contributed by atoms with van der Waals surface area (Å²) in [6.07, 6.45) is 0.563. The van der Waals surface area contributed by atoms with Gasteiger partial charge in [-0.25, -0.2) is 9.59 Å². The molecule has 0 radical (unpaired) electrons. The van der Waals surface area contributed by atoms with Gasteiger partial charge in [0.05, 0.1) is 7.11 Å². The number of carbonyl (C=O) groups is 2. The van der Waals surface area contributed by atoms with Gasteiger partial charge in [-0.3, -0.25) is 0 Å². The third-order valence-corrected chi connectivity index (χ3v) is 0.894. The van der Waals surface area contributed by atoms with Gasteiger partial charge >= 0.3 is 11.9 Å². The van der Waals surface area contributed by atoms with Crippen molar-refractivity contribution in [3.8, 4) is 0 Å². The van der Waals surface area contributed by atoms with Crippen LogP contribution in [0, 0.1) is 0 Å². The lowest BCUT2D eigenvalue weighted by Gasteiger charge is -1.92. The minimum absolute atomic E-state index is 0.449. The van der Waals surface area contributed by atoms with Crippen molar-refractivity contribution < 1.29 is 19.4 Å². The van der Waals surface area contributed by atoms with E-state index in [4.69, 9.17) is 16.7 Å². The standard InChI is InChI=1S/C5H5ClO4/c1-10-5(9)3(6)2-4(7)8/h2H,1H3,(H,7,8). The third-order valence-electron chi connectivity index (χ3n) is 0.631. The number of esters is 1. The molecule has 10 heavy (non-hydrogen) atoms. The number of carboxylic acids is 1. The molecule has 0 heterocycles. The maximum absolute atomic E-state index is 10.4. The van der Waals surface area contributed by atoms with Gasteiger partial charge in [0.2, 0.25) is 0 Å². The number of hydrogen-bond acceptors (Lipinski definition) is 3. The van der Waals surface area contributed by atoms with Crippen LogP contribution < -0.4 is 0 Å². The van der Waals surface area contributed by atoms with E-state index in [-0.39, 0.29) is 0 Å². The summed E-state index contributed by atoms with van der Waals surface area (Å²) in [4.78, 5) is 20.2. The third kappa shape index (κ3) is 3.09. The molecule has 0 amide bonds. The van der Waals surface area contributed by atoms with Crippen LogP contribution in [0.1, 0.15) is 0 Å². The van der Waals surface area contributed by atoms with E-state index in [1.807, 2.05) is 0 Å². The fourth-order valence-corrected chi connectivity index (χ4v) is 0.435. The summed E-state index contributed by atoms with van der Waals surface area (Å²) in [7, 11) is 1.11. The van der Waals surface area contributed by atoms with E-state index in [2.05, 4.69) is 4.74 Å². The topological polar surface area (TPSA) is 63.6 Å². The Morgan fingerprint density at radius 3 is 2.40 bits per heavy atom. The first-order chi connectivity index (χ1) is 4.57. The summed E-state index contributed by atoms with van der Waals surface area (Å²) in [5.74, 6) is -2.14. The molecule has 0 aromatic carbocycles. The van der Waals surface area contributed by atoms with E-state index in [0.717, 1.165) is 7.11 Å². The molecule has 0 bridgehead atoms. The van der Waals surface area contributed by atoms with Crippen LogP contribution in [0.25, 0.3) is 0 Å². The molecular weight excluding hydrogens is 160 g/mol. The van der Waals surface area contributed by atoms with Crippen molar-refractivity contribution in [2.24, 2.45) is 0 Å². The lowest BCUT2D eigenvalue weighted by molar-refractivity contribution is -0.136.